The van der Waals surface area contributed by atoms with E-state index in [4.69, 9.17) is 10.5 Å². The lowest BCUT2D eigenvalue weighted by atomic mass is 10.0. The SMILES string of the molecule is COc1ccc(-c2cccc(C(C)N)c2)cn1. The quantitative estimate of drug-likeness (QED) is 0.878. The minimum atomic E-state index is 0.0427. The molecule has 0 aliphatic heterocycles. The molecule has 0 saturated heterocycles. The third-order valence-electron chi connectivity index (χ3n) is 2.69. The van der Waals surface area contributed by atoms with E-state index in [0.29, 0.717) is 5.88 Å². The first kappa shape index (κ1) is 11.6. The van der Waals surface area contributed by atoms with Gasteiger partial charge < -0.3 is 10.5 Å². The average molecular weight is 228 g/mol. The first-order valence-electron chi connectivity index (χ1n) is 5.56. The van der Waals surface area contributed by atoms with Gasteiger partial charge in [-0.1, -0.05) is 18.2 Å². The second-order valence-corrected chi connectivity index (χ2v) is 4.00. The molecule has 1 aromatic carbocycles. The van der Waals surface area contributed by atoms with Crippen molar-refractivity contribution in [3.8, 4) is 17.0 Å². The summed E-state index contributed by atoms with van der Waals surface area (Å²) < 4.78 is 5.04. The van der Waals surface area contributed by atoms with E-state index in [1.807, 2.05) is 31.2 Å². The Morgan fingerprint density at radius 1 is 1.18 bits per heavy atom. The molecular weight excluding hydrogens is 212 g/mol. The van der Waals surface area contributed by atoms with E-state index in [-0.39, 0.29) is 6.04 Å². The van der Waals surface area contributed by atoms with Gasteiger partial charge in [0.2, 0.25) is 5.88 Å². The molecular formula is C14H16N2O. The van der Waals surface area contributed by atoms with Gasteiger partial charge in [0, 0.05) is 23.9 Å². The zero-order valence-electron chi connectivity index (χ0n) is 10.1. The van der Waals surface area contributed by atoms with Crippen LogP contribution in [0.1, 0.15) is 18.5 Å². The molecule has 3 heteroatoms. The van der Waals surface area contributed by atoms with Gasteiger partial charge >= 0.3 is 0 Å². The van der Waals surface area contributed by atoms with Crippen molar-refractivity contribution in [2.24, 2.45) is 5.73 Å². The summed E-state index contributed by atoms with van der Waals surface area (Å²) in [6.07, 6.45) is 1.80. The fraction of sp³-hybridized carbons (Fsp3) is 0.214. The van der Waals surface area contributed by atoms with Crippen molar-refractivity contribution in [2.75, 3.05) is 7.11 Å². The number of aromatic nitrogens is 1. The van der Waals surface area contributed by atoms with Crippen molar-refractivity contribution in [3.63, 3.8) is 0 Å². The number of nitrogens with two attached hydrogens (primary N) is 1. The Morgan fingerprint density at radius 3 is 2.59 bits per heavy atom. The maximum absolute atomic E-state index is 5.87. The van der Waals surface area contributed by atoms with Crippen molar-refractivity contribution in [3.05, 3.63) is 48.2 Å². The molecule has 2 aromatic rings. The fourth-order valence-electron chi connectivity index (χ4n) is 1.67. The van der Waals surface area contributed by atoms with Gasteiger partial charge in [0.25, 0.3) is 0 Å². The van der Waals surface area contributed by atoms with Crippen LogP contribution in [-0.4, -0.2) is 12.1 Å². The largest absolute Gasteiger partial charge is 0.481 e. The summed E-state index contributed by atoms with van der Waals surface area (Å²) in [4.78, 5) is 4.19. The molecule has 0 spiro atoms. The number of pyridine rings is 1. The van der Waals surface area contributed by atoms with Crippen molar-refractivity contribution in [1.82, 2.24) is 4.98 Å². The van der Waals surface area contributed by atoms with Gasteiger partial charge in [-0.15, -0.1) is 0 Å². The first-order valence-corrected chi connectivity index (χ1v) is 5.56. The lowest BCUT2D eigenvalue weighted by Gasteiger charge is -2.08. The van der Waals surface area contributed by atoms with Crippen LogP contribution in [0.2, 0.25) is 0 Å². The van der Waals surface area contributed by atoms with Crippen LogP contribution in [0, 0.1) is 0 Å². The van der Waals surface area contributed by atoms with Crippen molar-refractivity contribution >= 4 is 0 Å². The molecule has 1 aromatic heterocycles. The molecule has 0 fully saturated rings. The maximum atomic E-state index is 5.87. The number of hydrogen-bond acceptors (Lipinski definition) is 3. The van der Waals surface area contributed by atoms with Crippen LogP contribution < -0.4 is 10.5 Å². The van der Waals surface area contributed by atoms with Gasteiger partial charge in [0.1, 0.15) is 0 Å². The Kier molecular flexibility index (Phi) is 3.40. The Bertz CT molecular complexity index is 492. The molecule has 3 nitrogen and oxygen atoms in total. The topological polar surface area (TPSA) is 48.1 Å². The van der Waals surface area contributed by atoms with Crippen LogP contribution in [-0.2, 0) is 0 Å². The summed E-state index contributed by atoms with van der Waals surface area (Å²) in [7, 11) is 1.61. The van der Waals surface area contributed by atoms with E-state index in [1.165, 1.54) is 0 Å². The van der Waals surface area contributed by atoms with Gasteiger partial charge in [-0.05, 0) is 30.2 Å². The summed E-state index contributed by atoms with van der Waals surface area (Å²) >= 11 is 0. The van der Waals surface area contributed by atoms with Crippen LogP contribution in [0.3, 0.4) is 0 Å². The highest BCUT2D eigenvalue weighted by Gasteiger charge is 2.03. The molecule has 1 unspecified atom stereocenters. The number of ether oxygens (including phenoxy) is 1. The van der Waals surface area contributed by atoms with E-state index in [0.717, 1.165) is 16.7 Å². The highest BCUT2D eigenvalue weighted by Crippen LogP contribution is 2.23. The molecule has 1 heterocycles. The fourth-order valence-corrected chi connectivity index (χ4v) is 1.67. The molecule has 0 amide bonds. The summed E-state index contributed by atoms with van der Waals surface area (Å²) in [6.45, 7) is 1.98. The van der Waals surface area contributed by atoms with E-state index in [9.17, 15) is 0 Å². The predicted molar refractivity (Wildman–Crippen MR) is 68.8 cm³/mol. The monoisotopic (exact) mass is 228 g/mol. The number of methoxy groups -OCH3 is 1. The van der Waals surface area contributed by atoms with Gasteiger partial charge in [0.15, 0.2) is 0 Å². The third kappa shape index (κ3) is 2.63. The van der Waals surface area contributed by atoms with Gasteiger partial charge in [-0.3, -0.25) is 0 Å². The second kappa shape index (κ2) is 4.97. The van der Waals surface area contributed by atoms with E-state index >= 15 is 0 Å². The van der Waals surface area contributed by atoms with E-state index < -0.39 is 0 Å². The lowest BCUT2D eigenvalue weighted by Crippen LogP contribution is -2.04. The first-order chi connectivity index (χ1) is 8.20. The normalized spacial score (nSPS) is 12.2. The molecule has 2 N–H and O–H groups in total. The molecule has 0 bridgehead atoms. The summed E-state index contributed by atoms with van der Waals surface area (Å²) in [5.41, 5.74) is 9.18. The molecule has 0 radical (unpaired) electrons. The zero-order valence-corrected chi connectivity index (χ0v) is 10.1. The molecule has 1 atom stereocenters. The van der Waals surface area contributed by atoms with Crippen LogP contribution in [0.25, 0.3) is 11.1 Å². The van der Waals surface area contributed by atoms with Gasteiger partial charge in [-0.25, -0.2) is 4.98 Å². The Balaban J connectivity index is 2.35. The minimum absolute atomic E-state index is 0.0427. The number of rotatable bonds is 3. The molecule has 88 valence electrons. The Morgan fingerprint density at radius 2 is 2.00 bits per heavy atom. The highest BCUT2D eigenvalue weighted by atomic mass is 16.5. The zero-order chi connectivity index (χ0) is 12.3. The minimum Gasteiger partial charge on any atom is -0.481 e. The lowest BCUT2D eigenvalue weighted by molar-refractivity contribution is 0.398. The number of hydrogen-bond donors (Lipinski definition) is 1. The van der Waals surface area contributed by atoms with Crippen LogP contribution in [0.15, 0.2) is 42.6 Å². The summed E-state index contributed by atoms with van der Waals surface area (Å²) in [5, 5.41) is 0. The Labute approximate surface area is 101 Å². The molecule has 0 aliphatic rings. The van der Waals surface area contributed by atoms with E-state index in [1.54, 1.807) is 13.3 Å². The molecule has 0 aliphatic carbocycles. The standard InChI is InChI=1S/C14H16N2O/c1-10(15)11-4-3-5-12(8-11)13-6-7-14(17-2)16-9-13/h3-10H,15H2,1-2H3. The van der Waals surface area contributed by atoms with Gasteiger partial charge in [-0.2, -0.15) is 0 Å². The maximum Gasteiger partial charge on any atom is 0.212 e. The highest BCUT2D eigenvalue weighted by molar-refractivity contribution is 5.63. The second-order valence-electron chi connectivity index (χ2n) is 4.00. The predicted octanol–water partition coefficient (Wildman–Crippen LogP) is 2.78. The van der Waals surface area contributed by atoms with E-state index in [2.05, 4.69) is 17.1 Å². The smallest absolute Gasteiger partial charge is 0.212 e. The van der Waals surface area contributed by atoms with Crippen molar-refractivity contribution < 1.29 is 4.74 Å². The van der Waals surface area contributed by atoms with Crippen molar-refractivity contribution in [2.45, 2.75) is 13.0 Å². The van der Waals surface area contributed by atoms with Crippen LogP contribution >= 0.6 is 0 Å². The number of benzene rings is 1. The molecule has 17 heavy (non-hydrogen) atoms. The average Bonchev–Trinajstić information content (AvgIpc) is 2.39. The number of nitrogens with zero attached hydrogens (tertiary/aromatic N) is 1. The van der Waals surface area contributed by atoms with Crippen molar-refractivity contribution in [1.29, 1.82) is 0 Å². The third-order valence-corrected chi connectivity index (χ3v) is 2.69. The molecule has 2 rings (SSSR count). The summed E-state index contributed by atoms with van der Waals surface area (Å²) in [6, 6.07) is 12.1. The Hall–Kier alpha value is -1.87. The van der Waals surface area contributed by atoms with Crippen LogP contribution in [0.5, 0.6) is 5.88 Å². The van der Waals surface area contributed by atoms with Crippen LogP contribution in [0.4, 0.5) is 0 Å². The molecule has 0 saturated carbocycles. The summed E-state index contributed by atoms with van der Waals surface area (Å²) in [5.74, 6) is 0.622. The van der Waals surface area contributed by atoms with Gasteiger partial charge in [0.05, 0.1) is 7.11 Å².